The molecule has 0 bridgehead atoms. The normalized spacial score (nSPS) is 9.42. The average molecular weight is 370 g/mol. The van der Waals surface area contributed by atoms with E-state index in [9.17, 15) is 4.79 Å². The van der Waals surface area contributed by atoms with E-state index < -0.39 is 0 Å². The quantitative estimate of drug-likeness (QED) is 0.763. The second kappa shape index (κ2) is 10.8. The van der Waals surface area contributed by atoms with Crippen LogP contribution in [0.1, 0.15) is 22.8 Å². The third-order valence-electron chi connectivity index (χ3n) is 3.62. The monoisotopic (exact) mass is 369 g/mol. The smallest absolute Gasteiger partial charge is 0.253 e. The summed E-state index contributed by atoms with van der Waals surface area (Å²) in [4.78, 5) is 14.4. The van der Waals surface area contributed by atoms with Gasteiger partial charge in [0.25, 0.3) is 5.91 Å². The lowest BCUT2D eigenvalue weighted by atomic mass is 10.1. The zero-order chi connectivity index (χ0) is 15.9. The second-order valence-electron chi connectivity index (χ2n) is 5.26. The van der Waals surface area contributed by atoms with Crippen molar-refractivity contribution in [1.82, 2.24) is 5.32 Å². The highest BCUT2D eigenvalue weighted by molar-refractivity contribution is 5.99. The van der Waals surface area contributed by atoms with Crippen molar-refractivity contribution in [2.24, 2.45) is 0 Å². The number of amides is 1. The van der Waals surface area contributed by atoms with Crippen LogP contribution in [0.5, 0.6) is 0 Å². The summed E-state index contributed by atoms with van der Waals surface area (Å²) < 4.78 is 0. The Labute approximate surface area is 156 Å². The first kappa shape index (κ1) is 22.1. The van der Waals surface area contributed by atoms with Crippen LogP contribution in [0.3, 0.4) is 0 Å². The molecule has 3 N–H and O–H groups in total. The maximum atomic E-state index is 12.1. The van der Waals surface area contributed by atoms with Crippen molar-refractivity contribution in [3.63, 3.8) is 0 Å². The number of aryl methyl sites for hydroxylation is 1. The molecule has 6 heteroatoms. The Hall–Kier alpha value is -1.91. The van der Waals surface area contributed by atoms with E-state index in [1.165, 1.54) is 11.3 Å². The van der Waals surface area contributed by atoms with Gasteiger partial charge in [-0.1, -0.05) is 24.3 Å². The summed E-state index contributed by atoms with van der Waals surface area (Å²) in [5, 5.41) is 2.93. The van der Waals surface area contributed by atoms with Crippen LogP contribution in [-0.2, 0) is 0 Å². The molecule has 2 aromatic rings. The summed E-state index contributed by atoms with van der Waals surface area (Å²) in [6, 6.07) is 15.5. The van der Waals surface area contributed by atoms with Crippen LogP contribution in [0, 0.1) is 6.92 Å². The number of rotatable bonds is 6. The molecule has 0 saturated carbocycles. The summed E-state index contributed by atoms with van der Waals surface area (Å²) >= 11 is 0. The molecule has 0 fully saturated rings. The minimum absolute atomic E-state index is 0. The Morgan fingerprint density at radius 2 is 1.83 bits per heavy atom. The molecule has 24 heavy (non-hydrogen) atoms. The van der Waals surface area contributed by atoms with Crippen LogP contribution in [0.2, 0.25) is 0 Å². The summed E-state index contributed by atoms with van der Waals surface area (Å²) in [7, 11) is 0. The summed E-state index contributed by atoms with van der Waals surface area (Å²) in [5.74, 6) is -0.126. The Morgan fingerprint density at radius 3 is 2.46 bits per heavy atom. The standard InChI is InChI=1S/C18H23N3O.2ClH/c1-3-21(15-8-6-7-14(2)13-15)12-11-20-18(22)16-9-4-5-10-17(16)19;;/h4-10,13H,3,11-12,19H2,1-2H3,(H,20,22);2*1H. The van der Waals surface area contributed by atoms with Gasteiger partial charge in [0.1, 0.15) is 0 Å². The number of nitrogens with one attached hydrogen (secondary N) is 1. The fourth-order valence-corrected chi connectivity index (χ4v) is 2.40. The second-order valence-corrected chi connectivity index (χ2v) is 5.26. The minimum atomic E-state index is -0.126. The van der Waals surface area contributed by atoms with Gasteiger partial charge in [0, 0.05) is 31.0 Å². The molecule has 1 amide bonds. The number of anilines is 2. The van der Waals surface area contributed by atoms with Gasteiger partial charge in [0.05, 0.1) is 5.56 Å². The van der Waals surface area contributed by atoms with E-state index in [4.69, 9.17) is 5.73 Å². The zero-order valence-corrected chi connectivity index (χ0v) is 15.6. The molecule has 0 spiro atoms. The number of likely N-dealkylation sites (N-methyl/N-ethyl adjacent to an activating group) is 1. The van der Waals surface area contributed by atoms with E-state index in [0.29, 0.717) is 17.8 Å². The Bertz CT molecular complexity index is 650. The van der Waals surface area contributed by atoms with Gasteiger partial charge in [0.2, 0.25) is 0 Å². The topological polar surface area (TPSA) is 58.4 Å². The average Bonchev–Trinajstić information content (AvgIpc) is 2.52. The predicted octanol–water partition coefficient (Wildman–Crippen LogP) is 3.68. The van der Waals surface area contributed by atoms with E-state index >= 15 is 0 Å². The first-order valence-corrected chi connectivity index (χ1v) is 7.56. The fourth-order valence-electron chi connectivity index (χ4n) is 2.40. The maximum absolute atomic E-state index is 12.1. The number of benzene rings is 2. The molecule has 2 aromatic carbocycles. The van der Waals surface area contributed by atoms with Crippen LogP contribution in [0.25, 0.3) is 0 Å². The van der Waals surface area contributed by atoms with Crippen LogP contribution in [0.4, 0.5) is 11.4 Å². The summed E-state index contributed by atoms with van der Waals surface area (Å²) in [6.07, 6.45) is 0. The van der Waals surface area contributed by atoms with Gasteiger partial charge in [-0.05, 0) is 43.7 Å². The van der Waals surface area contributed by atoms with Crippen LogP contribution in [0.15, 0.2) is 48.5 Å². The van der Waals surface area contributed by atoms with E-state index in [0.717, 1.165) is 13.1 Å². The first-order chi connectivity index (χ1) is 10.6. The lowest BCUT2D eigenvalue weighted by Gasteiger charge is -2.23. The van der Waals surface area contributed by atoms with Crippen molar-refractivity contribution in [2.75, 3.05) is 30.3 Å². The maximum Gasteiger partial charge on any atom is 0.253 e. The molecule has 0 aliphatic heterocycles. The number of carbonyl (C=O) groups is 1. The number of nitrogens with two attached hydrogens (primary N) is 1. The van der Waals surface area contributed by atoms with Crippen molar-refractivity contribution in [2.45, 2.75) is 13.8 Å². The van der Waals surface area contributed by atoms with Gasteiger partial charge in [0.15, 0.2) is 0 Å². The third kappa shape index (κ3) is 5.95. The summed E-state index contributed by atoms with van der Waals surface area (Å²) in [6.45, 7) is 6.43. The van der Waals surface area contributed by atoms with Crippen LogP contribution in [-0.4, -0.2) is 25.5 Å². The van der Waals surface area contributed by atoms with Gasteiger partial charge in [-0.2, -0.15) is 0 Å². The number of para-hydroxylation sites is 1. The first-order valence-electron chi connectivity index (χ1n) is 7.56. The number of nitrogen functional groups attached to an aromatic ring is 1. The Kier molecular flexibility index (Phi) is 9.93. The van der Waals surface area contributed by atoms with Crippen LogP contribution < -0.4 is 16.0 Å². The van der Waals surface area contributed by atoms with Gasteiger partial charge < -0.3 is 16.0 Å². The van der Waals surface area contributed by atoms with E-state index in [-0.39, 0.29) is 30.7 Å². The van der Waals surface area contributed by atoms with Crippen LogP contribution >= 0.6 is 24.8 Å². The molecular weight excluding hydrogens is 345 g/mol. The van der Waals surface area contributed by atoms with Crippen molar-refractivity contribution in [1.29, 1.82) is 0 Å². The highest BCUT2D eigenvalue weighted by Crippen LogP contribution is 2.15. The van der Waals surface area contributed by atoms with Gasteiger partial charge >= 0.3 is 0 Å². The molecule has 2 rings (SSSR count). The summed E-state index contributed by atoms with van der Waals surface area (Å²) in [5.41, 5.74) is 9.26. The number of halogens is 2. The van der Waals surface area contributed by atoms with E-state index in [1.54, 1.807) is 12.1 Å². The number of nitrogens with zero attached hydrogens (tertiary/aromatic N) is 1. The number of hydrogen-bond donors (Lipinski definition) is 2. The van der Waals surface area contributed by atoms with Crippen molar-refractivity contribution in [3.8, 4) is 0 Å². The largest absolute Gasteiger partial charge is 0.398 e. The molecule has 132 valence electrons. The van der Waals surface area contributed by atoms with Gasteiger partial charge in [-0.3, -0.25) is 4.79 Å². The molecular formula is C18H25Cl2N3O. The third-order valence-corrected chi connectivity index (χ3v) is 3.62. The van der Waals surface area contributed by atoms with E-state index in [1.807, 2.05) is 12.1 Å². The highest BCUT2D eigenvalue weighted by atomic mass is 35.5. The lowest BCUT2D eigenvalue weighted by Crippen LogP contribution is -2.35. The Balaban J connectivity index is 0.00000264. The molecule has 0 aliphatic rings. The lowest BCUT2D eigenvalue weighted by molar-refractivity contribution is 0.0955. The van der Waals surface area contributed by atoms with Gasteiger partial charge in [-0.25, -0.2) is 0 Å². The van der Waals surface area contributed by atoms with Crippen molar-refractivity contribution < 1.29 is 4.79 Å². The molecule has 0 aliphatic carbocycles. The number of hydrogen-bond acceptors (Lipinski definition) is 3. The molecule has 4 nitrogen and oxygen atoms in total. The fraction of sp³-hybridized carbons (Fsp3) is 0.278. The highest BCUT2D eigenvalue weighted by Gasteiger charge is 2.09. The molecule has 0 atom stereocenters. The Morgan fingerprint density at radius 1 is 1.12 bits per heavy atom. The molecule has 0 radical (unpaired) electrons. The van der Waals surface area contributed by atoms with Crippen molar-refractivity contribution >= 4 is 42.1 Å². The molecule has 0 unspecified atom stereocenters. The molecule has 0 aromatic heterocycles. The SMILES string of the molecule is CCN(CCNC(=O)c1ccccc1N)c1cccc(C)c1.Cl.Cl. The molecule has 0 saturated heterocycles. The molecule has 0 heterocycles. The zero-order valence-electron chi connectivity index (χ0n) is 14.0. The minimum Gasteiger partial charge on any atom is -0.398 e. The van der Waals surface area contributed by atoms with Crippen molar-refractivity contribution in [3.05, 3.63) is 59.7 Å². The van der Waals surface area contributed by atoms with Gasteiger partial charge in [-0.15, -0.1) is 24.8 Å². The predicted molar refractivity (Wildman–Crippen MR) is 107 cm³/mol. The van der Waals surface area contributed by atoms with E-state index in [2.05, 4.69) is 48.3 Å². The number of carbonyl (C=O) groups excluding carboxylic acids is 1.